The van der Waals surface area contributed by atoms with Crippen LogP contribution in [0.25, 0.3) is 0 Å². The van der Waals surface area contributed by atoms with Crippen molar-refractivity contribution in [3.05, 3.63) is 51.4 Å². The van der Waals surface area contributed by atoms with Gasteiger partial charge in [-0.25, -0.2) is 0 Å². The molecule has 0 spiro atoms. The first-order valence-electron chi connectivity index (χ1n) is 5.44. The van der Waals surface area contributed by atoms with Crippen LogP contribution in [0.4, 0.5) is 5.69 Å². The number of nitrogens with zero attached hydrogens (tertiary/aromatic N) is 2. The van der Waals surface area contributed by atoms with Crippen molar-refractivity contribution in [1.29, 1.82) is 0 Å². The summed E-state index contributed by atoms with van der Waals surface area (Å²) in [6.07, 6.45) is 1.61. The van der Waals surface area contributed by atoms with Crippen molar-refractivity contribution in [1.82, 2.24) is 9.78 Å². The molecule has 1 N–H and O–H groups in total. The van der Waals surface area contributed by atoms with Gasteiger partial charge in [0, 0.05) is 19.0 Å². The second-order valence-electron chi connectivity index (χ2n) is 4.11. The van der Waals surface area contributed by atoms with E-state index in [1.54, 1.807) is 13.3 Å². The molecule has 4 nitrogen and oxygen atoms in total. The summed E-state index contributed by atoms with van der Waals surface area (Å²) in [7, 11) is 1.69. The van der Waals surface area contributed by atoms with Crippen LogP contribution in [0, 0.1) is 13.8 Å². The molecule has 17 heavy (non-hydrogen) atoms. The first-order valence-corrected chi connectivity index (χ1v) is 5.44. The number of aromatic amines is 1. The van der Waals surface area contributed by atoms with E-state index >= 15 is 0 Å². The summed E-state index contributed by atoms with van der Waals surface area (Å²) in [5.74, 6) is 0. The monoisotopic (exact) mass is 229 g/mol. The zero-order valence-corrected chi connectivity index (χ0v) is 10.2. The van der Waals surface area contributed by atoms with E-state index in [0.717, 1.165) is 11.4 Å². The molecule has 0 saturated heterocycles. The zero-order valence-electron chi connectivity index (χ0n) is 10.2. The van der Waals surface area contributed by atoms with E-state index in [9.17, 15) is 4.79 Å². The standard InChI is InChI=1S/C13H15N3O/c1-9-4-6-11(7-5-9)14-8-12-10(2)15-16(3)13(12)17/h4-8,15H,1-3H3. The molecule has 0 saturated carbocycles. The quantitative estimate of drug-likeness (QED) is 0.787. The van der Waals surface area contributed by atoms with Crippen LogP contribution in [0.2, 0.25) is 0 Å². The third-order valence-corrected chi connectivity index (χ3v) is 2.65. The third-order valence-electron chi connectivity index (χ3n) is 2.65. The Balaban J connectivity index is 2.32. The van der Waals surface area contributed by atoms with Crippen molar-refractivity contribution in [2.45, 2.75) is 13.8 Å². The third kappa shape index (κ3) is 2.36. The predicted octanol–water partition coefficient (Wildman–Crippen LogP) is 2.08. The fraction of sp³-hybridized carbons (Fsp3) is 0.231. The van der Waals surface area contributed by atoms with Crippen LogP contribution in [0.15, 0.2) is 34.1 Å². The van der Waals surface area contributed by atoms with Crippen LogP contribution in [0.1, 0.15) is 16.8 Å². The van der Waals surface area contributed by atoms with Crippen molar-refractivity contribution >= 4 is 11.9 Å². The van der Waals surface area contributed by atoms with Crippen LogP contribution >= 0.6 is 0 Å². The van der Waals surface area contributed by atoms with Crippen LogP contribution in [0.5, 0.6) is 0 Å². The molecule has 0 unspecified atom stereocenters. The maximum atomic E-state index is 11.7. The Morgan fingerprint density at radius 3 is 2.41 bits per heavy atom. The molecule has 1 heterocycles. The molecule has 1 aromatic heterocycles. The summed E-state index contributed by atoms with van der Waals surface area (Å²) in [6, 6.07) is 7.85. The summed E-state index contributed by atoms with van der Waals surface area (Å²) in [6.45, 7) is 3.89. The van der Waals surface area contributed by atoms with Crippen molar-refractivity contribution < 1.29 is 0 Å². The second-order valence-corrected chi connectivity index (χ2v) is 4.11. The average Bonchev–Trinajstić information content (AvgIpc) is 2.54. The number of nitrogens with one attached hydrogen (secondary N) is 1. The lowest BCUT2D eigenvalue weighted by atomic mass is 10.2. The van der Waals surface area contributed by atoms with Gasteiger partial charge in [-0.3, -0.25) is 19.6 Å². The molecule has 0 aliphatic rings. The smallest absolute Gasteiger partial charge is 0.275 e. The molecule has 1 aromatic carbocycles. The van der Waals surface area contributed by atoms with E-state index in [1.165, 1.54) is 10.2 Å². The first-order chi connectivity index (χ1) is 8.08. The van der Waals surface area contributed by atoms with Crippen molar-refractivity contribution in [2.75, 3.05) is 0 Å². The molecule has 0 atom stereocenters. The van der Waals surface area contributed by atoms with Crippen LogP contribution in [0.3, 0.4) is 0 Å². The Hall–Kier alpha value is -2.10. The molecular weight excluding hydrogens is 214 g/mol. The van der Waals surface area contributed by atoms with Gasteiger partial charge in [0.1, 0.15) is 0 Å². The molecule has 88 valence electrons. The number of rotatable bonds is 2. The van der Waals surface area contributed by atoms with E-state index in [-0.39, 0.29) is 5.56 Å². The van der Waals surface area contributed by atoms with Gasteiger partial charge in [-0.1, -0.05) is 17.7 Å². The molecular formula is C13H15N3O. The number of hydrogen-bond donors (Lipinski definition) is 1. The topological polar surface area (TPSA) is 50.1 Å². The van der Waals surface area contributed by atoms with Crippen LogP contribution in [-0.4, -0.2) is 16.0 Å². The van der Waals surface area contributed by atoms with Gasteiger partial charge in [-0.05, 0) is 26.0 Å². The Morgan fingerprint density at radius 1 is 1.24 bits per heavy atom. The number of aryl methyl sites for hydroxylation is 3. The molecule has 2 aromatic rings. The van der Waals surface area contributed by atoms with Gasteiger partial charge in [-0.2, -0.15) is 0 Å². The van der Waals surface area contributed by atoms with Gasteiger partial charge in [0.25, 0.3) is 5.56 Å². The van der Waals surface area contributed by atoms with Crippen molar-refractivity contribution in [3.63, 3.8) is 0 Å². The normalized spacial score (nSPS) is 11.2. The van der Waals surface area contributed by atoms with Gasteiger partial charge in [-0.15, -0.1) is 0 Å². The fourth-order valence-corrected chi connectivity index (χ4v) is 1.63. The van der Waals surface area contributed by atoms with E-state index in [4.69, 9.17) is 0 Å². The summed E-state index contributed by atoms with van der Waals surface area (Å²) in [4.78, 5) is 16.0. The maximum Gasteiger partial charge on any atom is 0.275 e. The summed E-state index contributed by atoms with van der Waals surface area (Å²) >= 11 is 0. The largest absolute Gasteiger partial charge is 0.300 e. The maximum absolute atomic E-state index is 11.7. The second kappa shape index (κ2) is 4.41. The highest BCUT2D eigenvalue weighted by Crippen LogP contribution is 2.12. The summed E-state index contributed by atoms with van der Waals surface area (Å²) in [5, 5.41) is 2.93. The summed E-state index contributed by atoms with van der Waals surface area (Å²) < 4.78 is 1.45. The number of H-pyrrole nitrogens is 1. The lowest BCUT2D eigenvalue weighted by Crippen LogP contribution is -2.14. The minimum Gasteiger partial charge on any atom is -0.300 e. The number of benzene rings is 1. The molecule has 0 aliphatic heterocycles. The predicted molar refractivity (Wildman–Crippen MR) is 69.2 cm³/mol. The minimum atomic E-state index is -0.0571. The van der Waals surface area contributed by atoms with Crippen molar-refractivity contribution in [3.8, 4) is 0 Å². The van der Waals surface area contributed by atoms with E-state index in [1.807, 2.05) is 38.1 Å². The van der Waals surface area contributed by atoms with Crippen molar-refractivity contribution in [2.24, 2.45) is 12.0 Å². The van der Waals surface area contributed by atoms with Gasteiger partial charge in [0.05, 0.1) is 11.3 Å². The molecule has 0 fully saturated rings. The zero-order chi connectivity index (χ0) is 12.4. The molecule has 4 heteroatoms. The number of hydrogen-bond acceptors (Lipinski definition) is 2. The Morgan fingerprint density at radius 2 is 1.88 bits per heavy atom. The Labute approximate surface area is 99.6 Å². The lowest BCUT2D eigenvalue weighted by Gasteiger charge is -1.93. The molecule has 0 bridgehead atoms. The van der Waals surface area contributed by atoms with Gasteiger partial charge in [0.15, 0.2) is 0 Å². The Kier molecular flexibility index (Phi) is 2.95. The van der Waals surface area contributed by atoms with E-state index < -0.39 is 0 Å². The average molecular weight is 229 g/mol. The lowest BCUT2D eigenvalue weighted by molar-refractivity contribution is 0.731. The van der Waals surface area contributed by atoms with Crippen LogP contribution < -0.4 is 5.56 Å². The molecule has 0 aliphatic carbocycles. The minimum absolute atomic E-state index is 0.0571. The number of aromatic nitrogens is 2. The fourth-order valence-electron chi connectivity index (χ4n) is 1.63. The van der Waals surface area contributed by atoms with Gasteiger partial charge < -0.3 is 0 Å². The van der Waals surface area contributed by atoms with Gasteiger partial charge in [0.2, 0.25) is 0 Å². The highest BCUT2D eigenvalue weighted by atomic mass is 16.1. The summed E-state index contributed by atoms with van der Waals surface area (Å²) in [5.41, 5.74) is 3.41. The molecule has 0 radical (unpaired) electrons. The van der Waals surface area contributed by atoms with Gasteiger partial charge >= 0.3 is 0 Å². The highest BCUT2D eigenvalue weighted by molar-refractivity contribution is 5.82. The number of aliphatic imine (C=N–C) groups is 1. The Bertz CT molecular complexity index is 603. The SMILES string of the molecule is Cc1ccc(N=Cc2c(C)[nH]n(C)c2=O)cc1. The molecule has 2 rings (SSSR count). The first kappa shape index (κ1) is 11.4. The van der Waals surface area contributed by atoms with E-state index in [0.29, 0.717) is 5.56 Å². The van der Waals surface area contributed by atoms with Crippen LogP contribution in [-0.2, 0) is 7.05 Å². The molecule has 0 amide bonds. The van der Waals surface area contributed by atoms with E-state index in [2.05, 4.69) is 10.1 Å². The highest BCUT2D eigenvalue weighted by Gasteiger charge is 2.05.